The van der Waals surface area contributed by atoms with Gasteiger partial charge in [-0.15, -0.1) is 0 Å². The van der Waals surface area contributed by atoms with E-state index >= 15 is 0 Å². The topological polar surface area (TPSA) is 33.7 Å². The summed E-state index contributed by atoms with van der Waals surface area (Å²) in [5, 5.41) is 3.65. The molecule has 1 fully saturated rings. The van der Waals surface area contributed by atoms with Gasteiger partial charge in [0, 0.05) is 38.3 Å². The standard InChI is InChI=1S/C14H30N2O2/c1-5-13-11-16(7-8-18-10-9-17-4)14(3,6-2)12-15-13/h13,15H,5-12H2,1-4H3. The molecule has 1 rings (SSSR count). The van der Waals surface area contributed by atoms with Crippen molar-refractivity contribution in [2.75, 3.05) is 46.6 Å². The van der Waals surface area contributed by atoms with Crippen LogP contribution in [0.1, 0.15) is 33.6 Å². The predicted molar refractivity (Wildman–Crippen MR) is 75.0 cm³/mol. The Balaban J connectivity index is 2.36. The van der Waals surface area contributed by atoms with Crippen LogP contribution in [0.2, 0.25) is 0 Å². The van der Waals surface area contributed by atoms with Gasteiger partial charge < -0.3 is 14.8 Å². The lowest BCUT2D eigenvalue weighted by Crippen LogP contribution is -2.63. The zero-order valence-corrected chi connectivity index (χ0v) is 12.5. The Morgan fingerprint density at radius 2 is 2.06 bits per heavy atom. The van der Waals surface area contributed by atoms with E-state index in [4.69, 9.17) is 9.47 Å². The van der Waals surface area contributed by atoms with Crippen molar-refractivity contribution >= 4 is 0 Å². The fraction of sp³-hybridized carbons (Fsp3) is 1.00. The predicted octanol–water partition coefficient (Wildman–Crippen LogP) is 1.50. The molecule has 0 saturated carbocycles. The highest BCUT2D eigenvalue weighted by atomic mass is 16.5. The second kappa shape index (κ2) is 8.10. The van der Waals surface area contributed by atoms with Crippen molar-refractivity contribution in [3.63, 3.8) is 0 Å². The molecule has 4 nitrogen and oxygen atoms in total. The third kappa shape index (κ3) is 4.50. The van der Waals surface area contributed by atoms with E-state index in [0.717, 1.165) is 26.2 Å². The first-order chi connectivity index (χ1) is 8.66. The second-order valence-corrected chi connectivity index (χ2v) is 5.39. The highest BCUT2D eigenvalue weighted by Gasteiger charge is 2.35. The molecule has 108 valence electrons. The number of piperazine rings is 1. The lowest BCUT2D eigenvalue weighted by atomic mass is 9.91. The SMILES string of the molecule is CCC1CN(CCOCCOC)C(C)(CC)CN1. The van der Waals surface area contributed by atoms with Crippen LogP contribution in [0.15, 0.2) is 0 Å². The zero-order chi connectivity index (χ0) is 13.4. The largest absolute Gasteiger partial charge is 0.382 e. The van der Waals surface area contributed by atoms with Crippen molar-refractivity contribution in [2.24, 2.45) is 0 Å². The van der Waals surface area contributed by atoms with Crippen LogP contribution in [0.5, 0.6) is 0 Å². The number of hydrogen-bond acceptors (Lipinski definition) is 4. The van der Waals surface area contributed by atoms with Gasteiger partial charge in [-0.1, -0.05) is 13.8 Å². The van der Waals surface area contributed by atoms with Gasteiger partial charge in [-0.3, -0.25) is 4.90 Å². The Morgan fingerprint density at radius 1 is 1.28 bits per heavy atom. The number of rotatable bonds is 8. The molecule has 1 aliphatic rings. The monoisotopic (exact) mass is 258 g/mol. The number of nitrogens with one attached hydrogen (secondary N) is 1. The smallest absolute Gasteiger partial charge is 0.0700 e. The van der Waals surface area contributed by atoms with Crippen LogP contribution < -0.4 is 5.32 Å². The van der Waals surface area contributed by atoms with Crippen LogP contribution in [-0.2, 0) is 9.47 Å². The summed E-state index contributed by atoms with van der Waals surface area (Å²) in [5.41, 5.74) is 0.274. The van der Waals surface area contributed by atoms with E-state index in [1.165, 1.54) is 12.8 Å². The van der Waals surface area contributed by atoms with E-state index in [-0.39, 0.29) is 5.54 Å². The van der Waals surface area contributed by atoms with Crippen LogP contribution in [0.25, 0.3) is 0 Å². The van der Waals surface area contributed by atoms with Gasteiger partial charge >= 0.3 is 0 Å². The van der Waals surface area contributed by atoms with E-state index in [1.807, 2.05) is 0 Å². The van der Waals surface area contributed by atoms with Gasteiger partial charge in [0.2, 0.25) is 0 Å². The van der Waals surface area contributed by atoms with Gasteiger partial charge in [-0.2, -0.15) is 0 Å². The molecular weight excluding hydrogens is 228 g/mol. The Bertz CT molecular complexity index is 226. The minimum absolute atomic E-state index is 0.274. The molecule has 1 aliphatic heterocycles. The van der Waals surface area contributed by atoms with Crippen LogP contribution in [0.4, 0.5) is 0 Å². The van der Waals surface area contributed by atoms with Crippen LogP contribution in [-0.4, -0.2) is 63.0 Å². The molecule has 0 aromatic carbocycles. The average Bonchev–Trinajstić information content (AvgIpc) is 2.40. The normalized spacial score (nSPS) is 29.7. The summed E-state index contributed by atoms with van der Waals surface area (Å²) in [6, 6.07) is 0.628. The average molecular weight is 258 g/mol. The van der Waals surface area contributed by atoms with E-state index < -0.39 is 0 Å². The van der Waals surface area contributed by atoms with Crippen LogP contribution >= 0.6 is 0 Å². The van der Waals surface area contributed by atoms with E-state index in [9.17, 15) is 0 Å². The minimum atomic E-state index is 0.274. The molecule has 18 heavy (non-hydrogen) atoms. The van der Waals surface area contributed by atoms with Gasteiger partial charge in [0.05, 0.1) is 19.8 Å². The molecule has 2 unspecified atom stereocenters. The Labute approximate surface area is 112 Å². The number of nitrogens with zero attached hydrogens (tertiary/aromatic N) is 1. The van der Waals surface area contributed by atoms with Crippen molar-refractivity contribution in [1.82, 2.24) is 10.2 Å². The van der Waals surface area contributed by atoms with Gasteiger partial charge in [-0.05, 0) is 19.8 Å². The van der Waals surface area contributed by atoms with Crippen LogP contribution in [0.3, 0.4) is 0 Å². The summed E-state index contributed by atoms with van der Waals surface area (Å²) in [6.45, 7) is 12.3. The summed E-state index contributed by atoms with van der Waals surface area (Å²) < 4.78 is 10.6. The quantitative estimate of drug-likeness (QED) is 0.669. The van der Waals surface area contributed by atoms with Gasteiger partial charge in [0.25, 0.3) is 0 Å². The molecule has 4 heteroatoms. The Kier molecular flexibility index (Phi) is 7.15. The number of methoxy groups -OCH3 is 1. The molecule has 0 amide bonds. The van der Waals surface area contributed by atoms with E-state index in [2.05, 4.69) is 31.0 Å². The summed E-state index contributed by atoms with van der Waals surface area (Å²) in [5.74, 6) is 0. The van der Waals surface area contributed by atoms with Crippen LogP contribution in [0, 0.1) is 0 Å². The molecule has 1 saturated heterocycles. The third-order valence-electron chi connectivity index (χ3n) is 4.17. The molecule has 0 aromatic heterocycles. The maximum Gasteiger partial charge on any atom is 0.0700 e. The number of hydrogen-bond donors (Lipinski definition) is 1. The third-order valence-corrected chi connectivity index (χ3v) is 4.17. The first-order valence-corrected chi connectivity index (χ1v) is 7.21. The van der Waals surface area contributed by atoms with Gasteiger partial charge in [0.15, 0.2) is 0 Å². The zero-order valence-electron chi connectivity index (χ0n) is 12.5. The summed E-state index contributed by atoms with van der Waals surface area (Å²) in [7, 11) is 1.71. The number of ether oxygens (including phenoxy) is 2. The molecule has 0 bridgehead atoms. The van der Waals surface area contributed by atoms with E-state index in [0.29, 0.717) is 19.3 Å². The van der Waals surface area contributed by atoms with Crippen molar-refractivity contribution < 1.29 is 9.47 Å². The Hall–Kier alpha value is -0.160. The molecule has 0 aliphatic carbocycles. The summed E-state index contributed by atoms with van der Waals surface area (Å²) in [4.78, 5) is 2.59. The fourth-order valence-electron chi connectivity index (χ4n) is 2.43. The molecular formula is C14H30N2O2. The molecule has 0 aromatic rings. The first kappa shape index (κ1) is 15.9. The van der Waals surface area contributed by atoms with E-state index in [1.54, 1.807) is 7.11 Å². The molecule has 0 spiro atoms. The second-order valence-electron chi connectivity index (χ2n) is 5.39. The lowest BCUT2D eigenvalue weighted by Gasteiger charge is -2.47. The lowest BCUT2D eigenvalue weighted by molar-refractivity contribution is 0.00649. The highest BCUT2D eigenvalue weighted by Crippen LogP contribution is 2.23. The molecule has 1 N–H and O–H groups in total. The van der Waals surface area contributed by atoms with Gasteiger partial charge in [0.1, 0.15) is 0 Å². The van der Waals surface area contributed by atoms with Crippen molar-refractivity contribution in [3.05, 3.63) is 0 Å². The molecule has 2 atom stereocenters. The van der Waals surface area contributed by atoms with Crippen molar-refractivity contribution in [1.29, 1.82) is 0 Å². The van der Waals surface area contributed by atoms with Crippen molar-refractivity contribution in [2.45, 2.75) is 45.2 Å². The first-order valence-electron chi connectivity index (χ1n) is 7.21. The summed E-state index contributed by atoms with van der Waals surface area (Å²) >= 11 is 0. The van der Waals surface area contributed by atoms with Gasteiger partial charge in [-0.25, -0.2) is 0 Å². The summed E-state index contributed by atoms with van der Waals surface area (Å²) in [6.07, 6.45) is 2.37. The highest BCUT2D eigenvalue weighted by molar-refractivity contribution is 4.94. The molecule has 0 radical (unpaired) electrons. The maximum atomic E-state index is 5.60. The van der Waals surface area contributed by atoms with Crippen molar-refractivity contribution in [3.8, 4) is 0 Å². The minimum Gasteiger partial charge on any atom is -0.382 e. The fourth-order valence-corrected chi connectivity index (χ4v) is 2.43. The Morgan fingerprint density at radius 3 is 2.67 bits per heavy atom. The molecule has 1 heterocycles. The maximum absolute atomic E-state index is 5.60.